The topological polar surface area (TPSA) is 40.6 Å². The number of benzene rings is 2. The average Bonchev–Trinajstić information content (AvgIpc) is 2.65. The minimum atomic E-state index is 0.0641. The van der Waals surface area contributed by atoms with Gasteiger partial charge in [-0.1, -0.05) is 29.3 Å². The molecule has 1 heterocycles. The number of carbonyl (C=O) groups excluding carboxylic acids is 2. The van der Waals surface area contributed by atoms with Gasteiger partial charge in [0.1, 0.15) is 0 Å². The van der Waals surface area contributed by atoms with E-state index < -0.39 is 0 Å². The van der Waals surface area contributed by atoms with Crippen LogP contribution < -0.4 is 4.90 Å². The second kappa shape index (κ2) is 8.11. The van der Waals surface area contributed by atoms with Crippen molar-refractivity contribution in [3.8, 4) is 0 Å². The van der Waals surface area contributed by atoms with E-state index >= 15 is 0 Å². The van der Waals surface area contributed by atoms with Gasteiger partial charge in [-0.3, -0.25) is 9.59 Å². The third-order valence-corrected chi connectivity index (χ3v) is 5.35. The Bertz CT molecular complexity index is 813. The van der Waals surface area contributed by atoms with E-state index in [1.807, 2.05) is 35.2 Å². The maximum atomic E-state index is 12.5. The summed E-state index contributed by atoms with van der Waals surface area (Å²) in [6, 6.07) is 12.9. The quantitative estimate of drug-likeness (QED) is 0.738. The van der Waals surface area contributed by atoms with Crippen LogP contribution in [0.2, 0.25) is 10.0 Å². The lowest BCUT2D eigenvalue weighted by molar-refractivity contribution is -0.130. The number of carbonyl (C=O) groups is 2. The SMILES string of the molecule is CC(=O)c1ccc(N2CCN(C(=O)Cc3ccc(Cl)c(Cl)c3)CC2)cc1. The van der Waals surface area contributed by atoms with Crippen LogP contribution >= 0.6 is 23.2 Å². The van der Waals surface area contributed by atoms with Gasteiger partial charge in [0.25, 0.3) is 0 Å². The summed E-state index contributed by atoms with van der Waals surface area (Å²) in [5.41, 5.74) is 2.66. The molecule has 0 N–H and O–H groups in total. The number of anilines is 1. The molecule has 136 valence electrons. The summed E-state index contributed by atoms with van der Waals surface area (Å²) >= 11 is 11.9. The first-order valence-corrected chi connectivity index (χ1v) is 9.27. The summed E-state index contributed by atoms with van der Waals surface area (Å²) < 4.78 is 0. The van der Waals surface area contributed by atoms with Crippen LogP contribution in [0.4, 0.5) is 5.69 Å². The van der Waals surface area contributed by atoms with Crippen molar-refractivity contribution in [1.29, 1.82) is 0 Å². The Morgan fingerprint density at radius 2 is 1.58 bits per heavy atom. The Labute approximate surface area is 163 Å². The number of hydrogen-bond acceptors (Lipinski definition) is 3. The fourth-order valence-corrected chi connectivity index (χ4v) is 3.38. The lowest BCUT2D eigenvalue weighted by Gasteiger charge is -2.36. The third kappa shape index (κ3) is 4.37. The third-order valence-electron chi connectivity index (χ3n) is 4.61. The zero-order valence-electron chi connectivity index (χ0n) is 14.5. The summed E-state index contributed by atoms with van der Waals surface area (Å²) in [7, 11) is 0. The van der Waals surface area contributed by atoms with Crippen molar-refractivity contribution in [2.45, 2.75) is 13.3 Å². The molecule has 3 rings (SSSR count). The van der Waals surface area contributed by atoms with Gasteiger partial charge in [0.05, 0.1) is 16.5 Å². The van der Waals surface area contributed by atoms with Gasteiger partial charge in [-0.15, -0.1) is 0 Å². The van der Waals surface area contributed by atoms with Crippen molar-refractivity contribution >= 4 is 40.6 Å². The van der Waals surface area contributed by atoms with Crippen molar-refractivity contribution in [1.82, 2.24) is 4.90 Å². The van der Waals surface area contributed by atoms with Crippen molar-refractivity contribution in [3.63, 3.8) is 0 Å². The molecule has 0 bridgehead atoms. The smallest absolute Gasteiger partial charge is 0.227 e. The predicted molar refractivity (Wildman–Crippen MR) is 105 cm³/mol. The normalized spacial score (nSPS) is 14.4. The summed E-state index contributed by atoms with van der Waals surface area (Å²) in [5, 5.41) is 0.961. The summed E-state index contributed by atoms with van der Waals surface area (Å²) in [4.78, 5) is 28.0. The van der Waals surface area contributed by atoms with E-state index in [2.05, 4.69) is 4.90 Å². The molecule has 1 aliphatic heterocycles. The van der Waals surface area contributed by atoms with Crippen molar-refractivity contribution in [3.05, 3.63) is 63.6 Å². The number of Topliss-reactive ketones (excluding diaryl/α,β-unsaturated/α-hetero) is 1. The lowest BCUT2D eigenvalue weighted by Crippen LogP contribution is -2.49. The van der Waals surface area contributed by atoms with Crippen LogP contribution in [-0.2, 0) is 11.2 Å². The maximum absolute atomic E-state index is 12.5. The summed E-state index contributed by atoms with van der Waals surface area (Å²) in [6.45, 7) is 4.45. The van der Waals surface area contributed by atoms with E-state index in [1.165, 1.54) is 0 Å². The van der Waals surface area contributed by atoms with E-state index in [1.54, 1.807) is 19.1 Å². The maximum Gasteiger partial charge on any atom is 0.227 e. The first kappa shape index (κ1) is 18.7. The number of hydrogen-bond donors (Lipinski definition) is 0. The van der Waals surface area contributed by atoms with E-state index in [4.69, 9.17) is 23.2 Å². The molecule has 1 fully saturated rings. The minimum absolute atomic E-state index is 0.0641. The van der Waals surface area contributed by atoms with Gasteiger partial charge in [0.2, 0.25) is 5.91 Å². The van der Waals surface area contributed by atoms with Crippen LogP contribution in [0.25, 0.3) is 0 Å². The molecule has 0 aromatic heterocycles. The molecule has 0 saturated carbocycles. The van der Waals surface area contributed by atoms with Crippen LogP contribution in [-0.4, -0.2) is 42.8 Å². The second-order valence-corrected chi connectivity index (χ2v) is 7.21. The molecule has 2 aromatic carbocycles. The van der Waals surface area contributed by atoms with E-state index in [-0.39, 0.29) is 11.7 Å². The molecule has 1 amide bonds. The zero-order chi connectivity index (χ0) is 18.7. The minimum Gasteiger partial charge on any atom is -0.368 e. The van der Waals surface area contributed by atoms with Crippen molar-refractivity contribution < 1.29 is 9.59 Å². The van der Waals surface area contributed by atoms with E-state index in [9.17, 15) is 9.59 Å². The Kier molecular flexibility index (Phi) is 5.84. The van der Waals surface area contributed by atoms with E-state index in [0.29, 0.717) is 35.1 Å². The molecule has 0 aliphatic carbocycles. The van der Waals surface area contributed by atoms with Gasteiger partial charge in [0.15, 0.2) is 5.78 Å². The Hall–Kier alpha value is -2.04. The fraction of sp³-hybridized carbons (Fsp3) is 0.300. The molecule has 6 heteroatoms. The molecular formula is C20H20Cl2N2O2. The number of nitrogens with zero attached hydrogens (tertiary/aromatic N) is 2. The highest BCUT2D eigenvalue weighted by molar-refractivity contribution is 6.42. The number of amides is 1. The van der Waals surface area contributed by atoms with Gasteiger partial charge in [-0.25, -0.2) is 0 Å². The van der Waals surface area contributed by atoms with Crippen LogP contribution in [0, 0.1) is 0 Å². The Morgan fingerprint density at radius 1 is 0.923 bits per heavy atom. The van der Waals surface area contributed by atoms with Crippen LogP contribution in [0.15, 0.2) is 42.5 Å². The first-order valence-electron chi connectivity index (χ1n) is 8.51. The van der Waals surface area contributed by atoms with Crippen LogP contribution in [0.5, 0.6) is 0 Å². The van der Waals surface area contributed by atoms with Crippen LogP contribution in [0.3, 0.4) is 0 Å². The van der Waals surface area contributed by atoms with E-state index in [0.717, 1.165) is 24.3 Å². The molecule has 26 heavy (non-hydrogen) atoms. The summed E-state index contributed by atoms with van der Waals surface area (Å²) in [6.07, 6.45) is 0.324. The summed E-state index contributed by atoms with van der Waals surface area (Å²) in [5.74, 6) is 0.157. The highest BCUT2D eigenvalue weighted by Crippen LogP contribution is 2.23. The molecule has 1 saturated heterocycles. The van der Waals surface area contributed by atoms with Gasteiger partial charge in [0, 0.05) is 37.4 Å². The molecule has 0 unspecified atom stereocenters. The van der Waals surface area contributed by atoms with Gasteiger partial charge < -0.3 is 9.80 Å². The molecule has 0 radical (unpaired) electrons. The predicted octanol–water partition coefficient (Wildman–Crippen LogP) is 4.09. The monoisotopic (exact) mass is 390 g/mol. The van der Waals surface area contributed by atoms with Gasteiger partial charge >= 0.3 is 0 Å². The molecule has 0 atom stereocenters. The molecule has 0 spiro atoms. The number of ketones is 1. The largest absolute Gasteiger partial charge is 0.368 e. The van der Waals surface area contributed by atoms with Gasteiger partial charge in [-0.2, -0.15) is 0 Å². The molecular weight excluding hydrogens is 371 g/mol. The first-order chi connectivity index (χ1) is 12.4. The molecule has 2 aromatic rings. The second-order valence-electron chi connectivity index (χ2n) is 6.40. The lowest BCUT2D eigenvalue weighted by atomic mass is 10.1. The van der Waals surface area contributed by atoms with Crippen molar-refractivity contribution in [2.75, 3.05) is 31.1 Å². The highest BCUT2D eigenvalue weighted by atomic mass is 35.5. The fourth-order valence-electron chi connectivity index (χ4n) is 3.06. The molecule has 1 aliphatic rings. The highest BCUT2D eigenvalue weighted by Gasteiger charge is 2.21. The zero-order valence-corrected chi connectivity index (χ0v) is 16.1. The van der Waals surface area contributed by atoms with Crippen molar-refractivity contribution in [2.24, 2.45) is 0 Å². The number of piperazine rings is 1. The van der Waals surface area contributed by atoms with Gasteiger partial charge in [-0.05, 0) is 48.9 Å². The Balaban J connectivity index is 1.56. The Morgan fingerprint density at radius 3 is 2.15 bits per heavy atom. The number of rotatable bonds is 4. The standard InChI is InChI=1S/C20H20Cl2N2O2/c1-14(25)16-3-5-17(6-4-16)23-8-10-24(11-9-23)20(26)13-15-2-7-18(21)19(22)12-15/h2-7,12H,8-11,13H2,1H3. The average molecular weight is 391 g/mol. The molecule has 4 nitrogen and oxygen atoms in total. The number of halogens is 2. The van der Waals surface area contributed by atoms with Crippen LogP contribution in [0.1, 0.15) is 22.8 Å².